The third-order valence-electron chi connectivity index (χ3n) is 3.83. The first kappa shape index (κ1) is 23.3. The summed E-state index contributed by atoms with van der Waals surface area (Å²) in [5, 5.41) is 10.3. The van der Waals surface area contributed by atoms with Crippen molar-refractivity contribution in [1.82, 2.24) is 20.9 Å². The SMILES string of the molecule is CC(=O)N(CCCN)CCCNCCCNCCCNCCCN. The van der Waals surface area contributed by atoms with E-state index in [-0.39, 0.29) is 5.91 Å². The first-order valence-electron chi connectivity index (χ1n) is 9.50. The van der Waals surface area contributed by atoms with E-state index in [0.29, 0.717) is 6.54 Å². The van der Waals surface area contributed by atoms with Crippen LogP contribution in [0.1, 0.15) is 39.0 Å². The lowest BCUT2D eigenvalue weighted by Crippen LogP contribution is -2.33. The summed E-state index contributed by atoms with van der Waals surface area (Å²) < 4.78 is 0. The Labute approximate surface area is 148 Å². The lowest BCUT2D eigenvalue weighted by atomic mass is 10.3. The topological polar surface area (TPSA) is 108 Å². The second-order valence-corrected chi connectivity index (χ2v) is 6.10. The number of rotatable bonds is 18. The van der Waals surface area contributed by atoms with E-state index < -0.39 is 0 Å². The van der Waals surface area contributed by atoms with Crippen LogP contribution in [0.5, 0.6) is 0 Å². The lowest BCUT2D eigenvalue weighted by molar-refractivity contribution is -0.128. The highest BCUT2D eigenvalue weighted by Crippen LogP contribution is 1.94. The molecule has 0 aromatic rings. The van der Waals surface area contributed by atoms with Gasteiger partial charge in [-0.05, 0) is 84.5 Å². The Bertz CT molecular complexity index is 278. The minimum atomic E-state index is 0.144. The molecule has 0 unspecified atom stereocenters. The molecule has 144 valence electrons. The van der Waals surface area contributed by atoms with E-state index in [2.05, 4.69) is 16.0 Å². The van der Waals surface area contributed by atoms with Crippen LogP contribution in [0.25, 0.3) is 0 Å². The monoisotopic (exact) mass is 344 g/mol. The van der Waals surface area contributed by atoms with E-state index in [9.17, 15) is 4.79 Å². The molecule has 0 radical (unpaired) electrons. The highest BCUT2D eigenvalue weighted by atomic mass is 16.2. The van der Waals surface area contributed by atoms with Crippen molar-refractivity contribution in [3.8, 4) is 0 Å². The van der Waals surface area contributed by atoms with Gasteiger partial charge in [-0.2, -0.15) is 0 Å². The van der Waals surface area contributed by atoms with Gasteiger partial charge in [0.1, 0.15) is 0 Å². The summed E-state index contributed by atoms with van der Waals surface area (Å²) in [4.78, 5) is 13.3. The van der Waals surface area contributed by atoms with Crippen LogP contribution in [-0.2, 0) is 4.79 Å². The maximum Gasteiger partial charge on any atom is 0.219 e. The first-order chi connectivity index (χ1) is 11.7. The second kappa shape index (κ2) is 18.6. The Balaban J connectivity index is 3.25. The van der Waals surface area contributed by atoms with Gasteiger partial charge in [0.05, 0.1) is 0 Å². The second-order valence-electron chi connectivity index (χ2n) is 6.10. The molecule has 0 fully saturated rings. The number of nitrogens with two attached hydrogens (primary N) is 2. The zero-order valence-electron chi connectivity index (χ0n) is 15.6. The minimum Gasteiger partial charge on any atom is -0.343 e. The Morgan fingerprint density at radius 3 is 1.58 bits per heavy atom. The largest absolute Gasteiger partial charge is 0.343 e. The molecular weight excluding hydrogens is 304 g/mol. The molecule has 7 N–H and O–H groups in total. The van der Waals surface area contributed by atoms with Gasteiger partial charge in [-0.3, -0.25) is 4.79 Å². The highest BCUT2D eigenvalue weighted by molar-refractivity contribution is 5.73. The molecule has 0 rings (SSSR count). The van der Waals surface area contributed by atoms with Crippen molar-refractivity contribution in [2.75, 3.05) is 65.4 Å². The molecule has 0 aliphatic carbocycles. The molecule has 7 heteroatoms. The van der Waals surface area contributed by atoms with Crippen LogP contribution in [0.3, 0.4) is 0 Å². The van der Waals surface area contributed by atoms with Crippen molar-refractivity contribution >= 4 is 5.91 Å². The fourth-order valence-corrected chi connectivity index (χ4v) is 2.38. The molecule has 0 spiro atoms. The van der Waals surface area contributed by atoms with E-state index in [1.165, 1.54) is 0 Å². The fraction of sp³-hybridized carbons (Fsp3) is 0.941. The van der Waals surface area contributed by atoms with Crippen LogP contribution in [0.4, 0.5) is 0 Å². The summed E-state index contributed by atoms with van der Waals surface area (Å²) in [7, 11) is 0. The maximum absolute atomic E-state index is 11.5. The minimum absolute atomic E-state index is 0.144. The highest BCUT2D eigenvalue weighted by Gasteiger charge is 2.06. The van der Waals surface area contributed by atoms with E-state index in [0.717, 1.165) is 91.0 Å². The number of hydrogen-bond acceptors (Lipinski definition) is 6. The summed E-state index contributed by atoms with van der Waals surface area (Å²) in [6.45, 7) is 10.8. The predicted octanol–water partition coefficient (Wildman–Crippen LogP) is -0.528. The van der Waals surface area contributed by atoms with Crippen molar-refractivity contribution in [3.63, 3.8) is 0 Å². The number of hydrogen-bond donors (Lipinski definition) is 5. The summed E-state index contributed by atoms with van der Waals surface area (Å²) in [6, 6.07) is 0. The van der Waals surface area contributed by atoms with Crippen LogP contribution in [0.2, 0.25) is 0 Å². The normalized spacial score (nSPS) is 11.0. The number of amides is 1. The molecule has 0 aliphatic rings. The molecule has 0 aromatic heterocycles. The smallest absolute Gasteiger partial charge is 0.219 e. The van der Waals surface area contributed by atoms with Crippen molar-refractivity contribution in [3.05, 3.63) is 0 Å². The standard InChI is InChI=1S/C17H40N6O/c1-17(24)23(15-3-8-19)16-6-14-22-13-5-12-21-11-4-10-20-9-2-7-18/h20-22H,2-16,18-19H2,1H3. The van der Waals surface area contributed by atoms with Gasteiger partial charge in [-0.15, -0.1) is 0 Å². The fourth-order valence-electron chi connectivity index (χ4n) is 2.38. The van der Waals surface area contributed by atoms with Gasteiger partial charge in [0.2, 0.25) is 5.91 Å². The number of carbonyl (C=O) groups excluding carboxylic acids is 1. The average molecular weight is 345 g/mol. The number of nitrogens with zero attached hydrogens (tertiary/aromatic N) is 1. The van der Waals surface area contributed by atoms with Gasteiger partial charge >= 0.3 is 0 Å². The van der Waals surface area contributed by atoms with E-state index >= 15 is 0 Å². The van der Waals surface area contributed by atoms with Gasteiger partial charge in [-0.25, -0.2) is 0 Å². The zero-order chi connectivity index (χ0) is 17.9. The molecule has 1 amide bonds. The van der Waals surface area contributed by atoms with Crippen LogP contribution in [0, 0.1) is 0 Å². The Morgan fingerprint density at radius 1 is 0.708 bits per heavy atom. The molecule has 24 heavy (non-hydrogen) atoms. The predicted molar refractivity (Wildman–Crippen MR) is 102 cm³/mol. The molecule has 0 saturated heterocycles. The maximum atomic E-state index is 11.5. The van der Waals surface area contributed by atoms with Crippen molar-refractivity contribution in [1.29, 1.82) is 0 Å². The van der Waals surface area contributed by atoms with Gasteiger partial charge in [0.25, 0.3) is 0 Å². The Kier molecular flexibility index (Phi) is 18.0. The summed E-state index contributed by atoms with van der Waals surface area (Å²) in [6.07, 6.45) is 5.20. The quantitative estimate of drug-likeness (QED) is 0.214. The zero-order valence-corrected chi connectivity index (χ0v) is 15.6. The van der Waals surface area contributed by atoms with Crippen molar-refractivity contribution in [2.24, 2.45) is 11.5 Å². The molecule has 7 nitrogen and oxygen atoms in total. The Hall–Kier alpha value is -0.730. The van der Waals surface area contributed by atoms with Crippen LogP contribution in [0.15, 0.2) is 0 Å². The van der Waals surface area contributed by atoms with Crippen LogP contribution >= 0.6 is 0 Å². The molecule has 0 atom stereocenters. The molecule has 0 aliphatic heterocycles. The molecular formula is C17H40N6O. The summed E-state index contributed by atoms with van der Waals surface area (Å²) >= 11 is 0. The third kappa shape index (κ3) is 16.1. The first-order valence-corrected chi connectivity index (χ1v) is 9.50. The average Bonchev–Trinajstić information content (AvgIpc) is 2.57. The molecule has 0 saturated carbocycles. The van der Waals surface area contributed by atoms with Crippen LogP contribution < -0.4 is 27.4 Å². The van der Waals surface area contributed by atoms with Crippen molar-refractivity contribution < 1.29 is 4.79 Å². The van der Waals surface area contributed by atoms with Crippen LogP contribution in [-0.4, -0.2) is 76.3 Å². The lowest BCUT2D eigenvalue weighted by Gasteiger charge is -2.20. The van der Waals surface area contributed by atoms with Crippen molar-refractivity contribution in [2.45, 2.75) is 39.0 Å². The molecule has 0 aromatic carbocycles. The number of carbonyl (C=O) groups is 1. The van der Waals surface area contributed by atoms with E-state index in [4.69, 9.17) is 11.5 Å². The molecule has 0 bridgehead atoms. The van der Waals surface area contributed by atoms with E-state index in [1.807, 2.05) is 4.90 Å². The summed E-state index contributed by atoms with van der Waals surface area (Å²) in [5.41, 5.74) is 10.9. The summed E-state index contributed by atoms with van der Waals surface area (Å²) in [5.74, 6) is 0.144. The molecule has 0 heterocycles. The Morgan fingerprint density at radius 2 is 1.12 bits per heavy atom. The van der Waals surface area contributed by atoms with Gasteiger partial charge < -0.3 is 32.3 Å². The van der Waals surface area contributed by atoms with Gasteiger partial charge in [0, 0.05) is 20.0 Å². The third-order valence-corrected chi connectivity index (χ3v) is 3.83. The van der Waals surface area contributed by atoms with Gasteiger partial charge in [0.15, 0.2) is 0 Å². The van der Waals surface area contributed by atoms with Gasteiger partial charge in [-0.1, -0.05) is 0 Å². The van der Waals surface area contributed by atoms with E-state index in [1.54, 1.807) is 6.92 Å². The number of nitrogens with one attached hydrogen (secondary N) is 3.